The minimum absolute atomic E-state index is 0.474. The van der Waals surface area contributed by atoms with E-state index in [0.717, 1.165) is 18.7 Å². The van der Waals surface area contributed by atoms with E-state index in [-0.39, 0.29) is 0 Å². The van der Waals surface area contributed by atoms with Crippen molar-refractivity contribution in [1.29, 1.82) is 5.26 Å². The summed E-state index contributed by atoms with van der Waals surface area (Å²) >= 11 is 0. The lowest BCUT2D eigenvalue weighted by Crippen LogP contribution is -2.18. The fraction of sp³-hybridized carbons (Fsp3) is 0.308. The molecule has 0 fully saturated rings. The molecule has 0 atom stereocenters. The van der Waals surface area contributed by atoms with Gasteiger partial charge in [-0.15, -0.1) is 0 Å². The molecule has 0 unspecified atom stereocenters. The molecule has 16 heavy (non-hydrogen) atoms. The normalized spacial score (nSPS) is 9.50. The van der Waals surface area contributed by atoms with Gasteiger partial charge < -0.3 is 10.1 Å². The van der Waals surface area contributed by atoms with E-state index in [4.69, 9.17) is 10.00 Å². The minimum Gasteiger partial charge on any atom is -0.489 e. The maximum atomic E-state index is 8.72. The van der Waals surface area contributed by atoms with Crippen molar-refractivity contribution >= 4 is 0 Å². The standard InChI is InChI=1S/C13H16N2O/c1-3-15-9-11(2)10-16-13-6-4-5-12(7-13)8-14/h4-7,15H,2-3,9-10H2,1H3. The molecule has 0 bridgehead atoms. The van der Waals surface area contributed by atoms with Crippen molar-refractivity contribution in [2.75, 3.05) is 19.7 Å². The third-order valence-corrected chi connectivity index (χ3v) is 2.03. The molecule has 0 spiro atoms. The Morgan fingerprint density at radius 2 is 2.38 bits per heavy atom. The number of benzene rings is 1. The van der Waals surface area contributed by atoms with Gasteiger partial charge in [-0.2, -0.15) is 5.26 Å². The van der Waals surface area contributed by atoms with Crippen molar-refractivity contribution in [3.8, 4) is 11.8 Å². The number of ether oxygens (including phenoxy) is 1. The third kappa shape index (κ3) is 4.16. The molecule has 0 aliphatic rings. The fourth-order valence-corrected chi connectivity index (χ4v) is 1.19. The number of nitrogens with zero attached hydrogens (tertiary/aromatic N) is 1. The van der Waals surface area contributed by atoms with Gasteiger partial charge in [0.2, 0.25) is 0 Å². The lowest BCUT2D eigenvalue weighted by Gasteiger charge is -2.09. The second kappa shape index (κ2) is 6.65. The summed E-state index contributed by atoms with van der Waals surface area (Å²) in [7, 11) is 0. The second-order valence-corrected chi connectivity index (χ2v) is 3.46. The van der Waals surface area contributed by atoms with Crippen LogP contribution in [0.2, 0.25) is 0 Å². The van der Waals surface area contributed by atoms with E-state index in [1.54, 1.807) is 18.2 Å². The Hall–Kier alpha value is -1.79. The van der Waals surface area contributed by atoms with E-state index in [1.165, 1.54) is 0 Å². The van der Waals surface area contributed by atoms with Gasteiger partial charge in [-0.3, -0.25) is 0 Å². The molecule has 0 saturated heterocycles. The van der Waals surface area contributed by atoms with Crippen LogP contribution in [0.3, 0.4) is 0 Å². The van der Waals surface area contributed by atoms with Gasteiger partial charge in [0.25, 0.3) is 0 Å². The van der Waals surface area contributed by atoms with Crippen molar-refractivity contribution < 1.29 is 4.74 Å². The molecule has 3 nitrogen and oxygen atoms in total. The van der Waals surface area contributed by atoms with Crippen LogP contribution in [-0.2, 0) is 0 Å². The van der Waals surface area contributed by atoms with Gasteiger partial charge in [0.15, 0.2) is 0 Å². The SMILES string of the molecule is C=C(CNCC)COc1cccc(C#N)c1. The summed E-state index contributed by atoms with van der Waals surface area (Å²) in [5.74, 6) is 0.705. The van der Waals surface area contributed by atoms with Gasteiger partial charge in [0, 0.05) is 6.54 Å². The quantitative estimate of drug-likeness (QED) is 0.741. The number of likely N-dealkylation sites (N-methyl/N-ethyl adjacent to an activating group) is 1. The molecule has 0 saturated carbocycles. The highest BCUT2D eigenvalue weighted by molar-refractivity contribution is 5.36. The maximum absolute atomic E-state index is 8.72. The van der Waals surface area contributed by atoms with Crippen LogP contribution in [0.4, 0.5) is 0 Å². The molecule has 0 radical (unpaired) electrons. The van der Waals surface area contributed by atoms with Crippen molar-refractivity contribution in [3.05, 3.63) is 42.0 Å². The predicted octanol–water partition coefficient (Wildman–Crippen LogP) is 2.10. The third-order valence-electron chi connectivity index (χ3n) is 2.03. The number of nitrogens with one attached hydrogen (secondary N) is 1. The highest BCUT2D eigenvalue weighted by atomic mass is 16.5. The Morgan fingerprint density at radius 1 is 1.56 bits per heavy atom. The summed E-state index contributed by atoms with van der Waals surface area (Å²) in [4.78, 5) is 0. The molecular weight excluding hydrogens is 200 g/mol. The van der Waals surface area contributed by atoms with Crippen LogP contribution in [0.15, 0.2) is 36.4 Å². The Bertz CT molecular complexity index is 393. The fourth-order valence-electron chi connectivity index (χ4n) is 1.19. The molecule has 0 aromatic heterocycles. The summed E-state index contributed by atoms with van der Waals surface area (Å²) in [6.45, 7) is 8.10. The molecule has 3 heteroatoms. The van der Waals surface area contributed by atoms with Crippen LogP contribution >= 0.6 is 0 Å². The zero-order valence-electron chi connectivity index (χ0n) is 9.49. The first-order chi connectivity index (χ1) is 7.76. The number of hydrogen-bond acceptors (Lipinski definition) is 3. The van der Waals surface area contributed by atoms with Gasteiger partial charge in [-0.05, 0) is 30.3 Å². The second-order valence-electron chi connectivity index (χ2n) is 3.46. The summed E-state index contributed by atoms with van der Waals surface area (Å²) in [5, 5.41) is 11.9. The van der Waals surface area contributed by atoms with Crippen LogP contribution < -0.4 is 10.1 Å². The van der Waals surface area contributed by atoms with Gasteiger partial charge in [0.05, 0.1) is 11.6 Å². The van der Waals surface area contributed by atoms with Gasteiger partial charge in [-0.1, -0.05) is 19.6 Å². The van der Waals surface area contributed by atoms with Crippen molar-refractivity contribution in [3.63, 3.8) is 0 Å². The lowest BCUT2D eigenvalue weighted by molar-refractivity contribution is 0.348. The molecule has 1 rings (SSSR count). The molecule has 0 heterocycles. The smallest absolute Gasteiger partial charge is 0.121 e. The molecule has 0 aliphatic heterocycles. The zero-order valence-corrected chi connectivity index (χ0v) is 9.49. The topological polar surface area (TPSA) is 45.0 Å². The maximum Gasteiger partial charge on any atom is 0.121 e. The van der Waals surface area contributed by atoms with Crippen molar-refractivity contribution in [2.24, 2.45) is 0 Å². The van der Waals surface area contributed by atoms with E-state index in [2.05, 4.69) is 18.0 Å². The average Bonchev–Trinajstić information content (AvgIpc) is 2.34. The van der Waals surface area contributed by atoms with Crippen LogP contribution in [0, 0.1) is 11.3 Å². The summed E-state index contributed by atoms with van der Waals surface area (Å²) in [6.07, 6.45) is 0. The first-order valence-electron chi connectivity index (χ1n) is 5.26. The van der Waals surface area contributed by atoms with Gasteiger partial charge >= 0.3 is 0 Å². The summed E-state index contributed by atoms with van der Waals surface area (Å²) in [5.41, 5.74) is 1.60. The Morgan fingerprint density at radius 3 is 3.06 bits per heavy atom. The van der Waals surface area contributed by atoms with E-state index in [0.29, 0.717) is 17.9 Å². The monoisotopic (exact) mass is 216 g/mol. The van der Waals surface area contributed by atoms with Gasteiger partial charge in [-0.25, -0.2) is 0 Å². The lowest BCUT2D eigenvalue weighted by atomic mass is 10.2. The molecular formula is C13H16N2O. The predicted molar refractivity (Wildman–Crippen MR) is 64.3 cm³/mol. The Labute approximate surface area is 96.4 Å². The first kappa shape index (κ1) is 12.3. The molecule has 1 aromatic carbocycles. The van der Waals surface area contributed by atoms with Crippen LogP contribution in [0.25, 0.3) is 0 Å². The van der Waals surface area contributed by atoms with Crippen LogP contribution in [0.1, 0.15) is 12.5 Å². The number of hydrogen-bond donors (Lipinski definition) is 1. The Kier molecular flexibility index (Phi) is 5.10. The summed E-state index contributed by atoms with van der Waals surface area (Å²) in [6, 6.07) is 9.19. The van der Waals surface area contributed by atoms with Crippen molar-refractivity contribution in [2.45, 2.75) is 6.92 Å². The molecule has 1 aromatic rings. The number of nitriles is 1. The van der Waals surface area contributed by atoms with Crippen LogP contribution in [0.5, 0.6) is 5.75 Å². The van der Waals surface area contributed by atoms with E-state index in [1.807, 2.05) is 13.0 Å². The zero-order chi connectivity index (χ0) is 11.8. The molecule has 84 valence electrons. The van der Waals surface area contributed by atoms with E-state index < -0.39 is 0 Å². The van der Waals surface area contributed by atoms with Crippen molar-refractivity contribution in [1.82, 2.24) is 5.32 Å². The average molecular weight is 216 g/mol. The Balaban J connectivity index is 2.42. The largest absolute Gasteiger partial charge is 0.489 e. The molecule has 0 amide bonds. The highest BCUT2D eigenvalue weighted by Crippen LogP contribution is 2.12. The van der Waals surface area contributed by atoms with Gasteiger partial charge in [0.1, 0.15) is 12.4 Å². The summed E-state index contributed by atoms with van der Waals surface area (Å²) < 4.78 is 5.52. The molecule has 1 N–H and O–H groups in total. The number of rotatable bonds is 6. The highest BCUT2D eigenvalue weighted by Gasteiger charge is 1.98. The van der Waals surface area contributed by atoms with E-state index >= 15 is 0 Å². The first-order valence-corrected chi connectivity index (χ1v) is 5.26. The van der Waals surface area contributed by atoms with Crippen LogP contribution in [-0.4, -0.2) is 19.7 Å². The minimum atomic E-state index is 0.474. The molecule has 0 aliphatic carbocycles. The van der Waals surface area contributed by atoms with E-state index in [9.17, 15) is 0 Å².